The van der Waals surface area contributed by atoms with Gasteiger partial charge in [-0.2, -0.15) is 0 Å². The number of nitrogens with one attached hydrogen (secondary N) is 2. The van der Waals surface area contributed by atoms with Crippen LogP contribution in [0.25, 0.3) is 0 Å². The Labute approximate surface area is 196 Å². The van der Waals surface area contributed by atoms with Crippen LogP contribution in [0.1, 0.15) is 44.5 Å². The highest BCUT2D eigenvalue weighted by atomic mass is 79.9. The van der Waals surface area contributed by atoms with Crippen molar-refractivity contribution in [3.05, 3.63) is 28.2 Å². The first-order chi connectivity index (χ1) is 14.6. The van der Waals surface area contributed by atoms with E-state index in [2.05, 4.69) is 26.6 Å². The first-order valence-electron chi connectivity index (χ1n) is 10.1. The molecule has 0 aliphatic carbocycles. The zero-order valence-electron chi connectivity index (χ0n) is 18.1. The van der Waals surface area contributed by atoms with Gasteiger partial charge in [-0.05, 0) is 66.1 Å². The van der Waals surface area contributed by atoms with Crippen LogP contribution in [0.4, 0.5) is 0 Å². The van der Waals surface area contributed by atoms with Crippen molar-refractivity contribution in [2.24, 2.45) is 5.92 Å². The molecular formula is C21H28BrN3O5S. The van der Waals surface area contributed by atoms with Crippen LogP contribution in [0.15, 0.2) is 22.7 Å². The van der Waals surface area contributed by atoms with Crippen molar-refractivity contribution < 1.29 is 23.9 Å². The zero-order valence-corrected chi connectivity index (χ0v) is 20.5. The highest BCUT2D eigenvalue weighted by Gasteiger charge is 2.34. The van der Waals surface area contributed by atoms with Crippen LogP contribution in [-0.2, 0) is 14.3 Å². The monoisotopic (exact) mass is 513 g/mol. The molecule has 1 aliphatic rings. The lowest BCUT2D eigenvalue weighted by molar-refractivity contribution is -0.150. The van der Waals surface area contributed by atoms with Crippen LogP contribution >= 0.6 is 28.1 Å². The average Bonchev–Trinajstić information content (AvgIpc) is 2.67. The molecule has 0 radical (unpaired) electrons. The third-order valence-corrected chi connectivity index (χ3v) is 5.26. The molecule has 0 spiro atoms. The summed E-state index contributed by atoms with van der Waals surface area (Å²) in [6.45, 7) is 8.86. The predicted octanol–water partition coefficient (Wildman–Crippen LogP) is 2.64. The number of hydrogen-bond acceptors (Lipinski definition) is 6. The van der Waals surface area contributed by atoms with Gasteiger partial charge in [0.15, 0.2) is 5.11 Å². The molecule has 1 heterocycles. The molecule has 10 heteroatoms. The van der Waals surface area contributed by atoms with Gasteiger partial charge in [-0.15, -0.1) is 0 Å². The highest BCUT2D eigenvalue weighted by molar-refractivity contribution is 9.10. The second-order valence-electron chi connectivity index (χ2n) is 7.85. The van der Waals surface area contributed by atoms with Crippen molar-refractivity contribution in [2.45, 2.75) is 46.3 Å². The van der Waals surface area contributed by atoms with E-state index in [1.807, 2.05) is 13.8 Å². The van der Waals surface area contributed by atoms with Crippen LogP contribution < -0.4 is 15.4 Å². The fourth-order valence-corrected chi connectivity index (χ4v) is 3.69. The summed E-state index contributed by atoms with van der Waals surface area (Å²) >= 11 is 8.80. The van der Waals surface area contributed by atoms with E-state index < -0.39 is 17.9 Å². The quantitative estimate of drug-likeness (QED) is 0.427. The summed E-state index contributed by atoms with van der Waals surface area (Å²) in [5, 5.41) is 5.45. The van der Waals surface area contributed by atoms with Gasteiger partial charge in [0.1, 0.15) is 11.8 Å². The van der Waals surface area contributed by atoms with Crippen LogP contribution in [-0.4, -0.2) is 59.6 Å². The van der Waals surface area contributed by atoms with Crippen LogP contribution in [0.2, 0.25) is 0 Å². The number of benzene rings is 1. The molecule has 0 aromatic heterocycles. The maximum absolute atomic E-state index is 12.7. The van der Waals surface area contributed by atoms with E-state index in [0.29, 0.717) is 41.4 Å². The van der Waals surface area contributed by atoms with Gasteiger partial charge in [0.2, 0.25) is 5.91 Å². The molecule has 170 valence electrons. The molecule has 1 aromatic carbocycles. The van der Waals surface area contributed by atoms with Gasteiger partial charge >= 0.3 is 5.97 Å². The molecular weight excluding hydrogens is 486 g/mol. The molecule has 2 N–H and O–H groups in total. The number of amides is 2. The average molecular weight is 514 g/mol. The molecule has 31 heavy (non-hydrogen) atoms. The number of halogens is 1. The molecule has 8 nitrogen and oxygen atoms in total. The molecule has 2 rings (SSSR count). The number of rotatable bonds is 7. The van der Waals surface area contributed by atoms with E-state index in [1.54, 1.807) is 36.9 Å². The molecule has 2 amide bonds. The van der Waals surface area contributed by atoms with Crippen molar-refractivity contribution in [2.75, 3.05) is 19.7 Å². The molecule has 1 fully saturated rings. The van der Waals surface area contributed by atoms with Gasteiger partial charge in [0.25, 0.3) is 5.91 Å². The Morgan fingerprint density at radius 2 is 2.03 bits per heavy atom. The maximum atomic E-state index is 12.7. The van der Waals surface area contributed by atoms with Crippen molar-refractivity contribution in [1.29, 1.82) is 0 Å². The predicted molar refractivity (Wildman–Crippen MR) is 124 cm³/mol. The number of thiocarbonyl (C=S) groups is 1. The summed E-state index contributed by atoms with van der Waals surface area (Å²) in [4.78, 5) is 38.6. The minimum Gasteiger partial charge on any atom is -0.492 e. The van der Waals surface area contributed by atoms with E-state index in [-0.39, 0.29) is 23.5 Å². The number of nitrogens with zero attached hydrogens (tertiary/aromatic N) is 1. The normalized spacial score (nSPS) is 16.2. The Morgan fingerprint density at radius 3 is 2.65 bits per heavy atom. The molecule has 1 saturated heterocycles. The number of carbonyl (C=O) groups is 3. The van der Waals surface area contributed by atoms with E-state index >= 15 is 0 Å². The summed E-state index contributed by atoms with van der Waals surface area (Å²) in [6, 6.07) is 4.15. The first kappa shape index (κ1) is 25.1. The minimum absolute atomic E-state index is 0.0819. The van der Waals surface area contributed by atoms with Crippen molar-refractivity contribution in [3.63, 3.8) is 0 Å². The molecule has 1 unspecified atom stereocenters. The van der Waals surface area contributed by atoms with Gasteiger partial charge in [-0.25, -0.2) is 0 Å². The molecule has 1 aromatic rings. The number of piperazine rings is 1. The maximum Gasteiger partial charge on any atom is 0.308 e. The first-order valence-corrected chi connectivity index (χ1v) is 11.3. The number of esters is 1. The van der Waals surface area contributed by atoms with Crippen LogP contribution in [0.5, 0.6) is 5.75 Å². The summed E-state index contributed by atoms with van der Waals surface area (Å²) in [6.07, 6.45) is -0.446. The van der Waals surface area contributed by atoms with E-state index in [9.17, 15) is 14.4 Å². The van der Waals surface area contributed by atoms with Gasteiger partial charge in [-0.1, -0.05) is 13.8 Å². The van der Waals surface area contributed by atoms with E-state index in [4.69, 9.17) is 21.7 Å². The van der Waals surface area contributed by atoms with Gasteiger partial charge < -0.3 is 19.7 Å². The van der Waals surface area contributed by atoms with Gasteiger partial charge in [-0.3, -0.25) is 19.7 Å². The summed E-state index contributed by atoms with van der Waals surface area (Å²) in [5.41, 5.74) is 0.378. The third kappa shape index (κ3) is 7.46. The van der Waals surface area contributed by atoms with E-state index in [0.717, 1.165) is 0 Å². The highest BCUT2D eigenvalue weighted by Crippen LogP contribution is 2.26. The smallest absolute Gasteiger partial charge is 0.308 e. The van der Waals surface area contributed by atoms with Gasteiger partial charge in [0.05, 0.1) is 23.6 Å². The summed E-state index contributed by atoms with van der Waals surface area (Å²) in [7, 11) is 0. The Bertz CT molecular complexity index is 846. The van der Waals surface area contributed by atoms with Crippen molar-refractivity contribution in [1.82, 2.24) is 15.5 Å². The third-order valence-electron chi connectivity index (χ3n) is 4.31. The SMILES string of the molecule is CC(C)COc1ccc(C(=O)NC(=S)N2CCNC(=O)C2CC(=O)OC(C)C)cc1Br. The number of carbonyl (C=O) groups excluding carboxylic acids is 3. The molecule has 0 bridgehead atoms. The Balaban J connectivity index is 2.06. The Morgan fingerprint density at radius 1 is 1.32 bits per heavy atom. The van der Waals surface area contributed by atoms with Crippen LogP contribution in [0.3, 0.4) is 0 Å². The lowest BCUT2D eigenvalue weighted by Crippen LogP contribution is -2.60. The zero-order chi connectivity index (χ0) is 23.1. The topological polar surface area (TPSA) is 97.0 Å². The molecule has 1 aliphatic heterocycles. The van der Waals surface area contributed by atoms with Crippen LogP contribution in [0, 0.1) is 5.92 Å². The molecule has 0 saturated carbocycles. The Kier molecular flexibility index (Phi) is 9.24. The van der Waals surface area contributed by atoms with Gasteiger partial charge in [0, 0.05) is 18.7 Å². The Hall–Kier alpha value is -2.20. The number of hydrogen-bond donors (Lipinski definition) is 2. The second kappa shape index (κ2) is 11.4. The summed E-state index contributed by atoms with van der Waals surface area (Å²) in [5.74, 6) is -0.241. The standard InChI is InChI=1S/C21H28BrN3O5S/c1-12(2)11-29-17-6-5-14(9-15(17)22)19(27)24-21(31)25-8-7-23-20(28)16(25)10-18(26)30-13(3)4/h5-6,9,12-13,16H,7-8,10-11H2,1-4H3,(H,23,28)(H,24,27,31). The number of ether oxygens (including phenoxy) is 2. The fraction of sp³-hybridized carbons (Fsp3) is 0.524. The largest absolute Gasteiger partial charge is 0.492 e. The fourth-order valence-electron chi connectivity index (χ4n) is 2.89. The summed E-state index contributed by atoms with van der Waals surface area (Å²) < 4.78 is 11.5. The van der Waals surface area contributed by atoms with E-state index in [1.165, 1.54) is 0 Å². The molecule has 1 atom stereocenters. The minimum atomic E-state index is -0.841. The van der Waals surface area contributed by atoms with Crippen molar-refractivity contribution >= 4 is 51.0 Å². The lowest BCUT2D eigenvalue weighted by atomic mass is 10.1. The lowest BCUT2D eigenvalue weighted by Gasteiger charge is -2.36. The van der Waals surface area contributed by atoms with Crippen molar-refractivity contribution in [3.8, 4) is 5.75 Å². The second-order valence-corrected chi connectivity index (χ2v) is 9.09.